The summed E-state index contributed by atoms with van der Waals surface area (Å²) in [4.78, 5) is 29.8. The smallest absolute Gasteiger partial charge is 0.262 e. The maximum absolute atomic E-state index is 13.2. The molecule has 2 aromatic carbocycles. The van der Waals surface area contributed by atoms with Crippen molar-refractivity contribution in [3.05, 3.63) is 75.4 Å². The molecule has 1 spiro atoms. The minimum Gasteiger partial charge on any atom is -0.598 e. The Morgan fingerprint density at radius 2 is 1.87 bits per heavy atom. The summed E-state index contributed by atoms with van der Waals surface area (Å²) in [5.41, 5.74) is 8.02. The molecule has 4 aromatic rings. The maximum Gasteiger partial charge on any atom is 0.262 e. The van der Waals surface area contributed by atoms with Gasteiger partial charge in [-0.2, -0.15) is 0 Å². The molecule has 244 valence electrons. The van der Waals surface area contributed by atoms with E-state index in [4.69, 9.17) is 22.3 Å². The van der Waals surface area contributed by atoms with E-state index in [9.17, 15) is 14.5 Å². The van der Waals surface area contributed by atoms with Gasteiger partial charge in [-0.25, -0.2) is 15.0 Å². The van der Waals surface area contributed by atoms with Crippen LogP contribution < -0.4 is 20.9 Å². The topological polar surface area (TPSA) is 145 Å². The molecule has 0 saturated carbocycles. The number of hydrogen-bond donors (Lipinski definition) is 3. The van der Waals surface area contributed by atoms with Crippen molar-refractivity contribution in [3.63, 3.8) is 0 Å². The summed E-state index contributed by atoms with van der Waals surface area (Å²) in [6, 6.07) is 12.0. The first kappa shape index (κ1) is 33.0. The molecule has 1 aliphatic carbocycles. The third-order valence-electron chi connectivity index (χ3n) is 8.80. The van der Waals surface area contributed by atoms with Crippen LogP contribution in [0.1, 0.15) is 64.6 Å². The quantitative estimate of drug-likeness (QED) is 0.220. The zero-order chi connectivity index (χ0) is 33.0. The first-order valence-electron chi connectivity index (χ1n) is 15.4. The van der Waals surface area contributed by atoms with E-state index in [1.165, 1.54) is 33.8 Å². The lowest BCUT2D eigenvalue weighted by Gasteiger charge is -2.44. The molecule has 6 rings (SSSR count). The van der Waals surface area contributed by atoms with E-state index >= 15 is 0 Å². The van der Waals surface area contributed by atoms with Crippen LogP contribution in [0.4, 0.5) is 11.6 Å². The van der Waals surface area contributed by atoms with E-state index in [1.807, 2.05) is 20.8 Å². The van der Waals surface area contributed by atoms with E-state index in [1.54, 1.807) is 32.2 Å². The second kappa shape index (κ2) is 12.3. The second-order valence-corrected chi connectivity index (χ2v) is 17.3. The summed E-state index contributed by atoms with van der Waals surface area (Å²) in [5.74, 6) is 0.983. The average Bonchev–Trinajstić information content (AvgIpc) is 3.28. The lowest BCUT2D eigenvalue weighted by atomic mass is 9.73. The van der Waals surface area contributed by atoms with Gasteiger partial charge in [-0.15, -0.1) is 4.72 Å². The van der Waals surface area contributed by atoms with Crippen LogP contribution >= 0.6 is 23.4 Å². The Hall–Kier alpha value is -2.87. The summed E-state index contributed by atoms with van der Waals surface area (Å²) < 4.78 is 17.7. The number of halogens is 1. The third-order valence-corrected chi connectivity index (χ3v) is 11.9. The van der Waals surface area contributed by atoms with Crippen LogP contribution in [-0.2, 0) is 24.3 Å². The molecule has 0 bridgehead atoms. The second-order valence-electron chi connectivity index (χ2n) is 13.9. The first-order valence-corrected chi connectivity index (χ1v) is 17.7. The summed E-state index contributed by atoms with van der Waals surface area (Å²) in [5, 5.41) is 11.2. The van der Waals surface area contributed by atoms with Gasteiger partial charge in [0.25, 0.3) is 5.56 Å². The monoisotopic (exact) mass is 681 g/mol. The molecule has 13 heteroatoms. The van der Waals surface area contributed by atoms with Gasteiger partial charge in [-0.05, 0) is 77.1 Å². The Morgan fingerprint density at radius 1 is 1.15 bits per heavy atom. The standard InChI is InChI=1S/C33H40ClN7O3S2/c1-31(2,3)46(44)39-27-21-9-7-6-8-20(21)16-33(27)12-14-40(15-13-33)24-17-36-29(28(35)38-24)45-23-11-10-22-25(26(23)34)30(42)41(19-37-22)18-32(4,5)43/h6-11,17,19,27,39,43H,12-16,18H2,1-5H3,(H2,35,38)/t27-,46?/m1/s1. The fourth-order valence-corrected chi connectivity index (χ4v) is 8.51. The normalized spacial score (nSPS) is 18.7. The molecule has 2 aromatic heterocycles. The number of anilines is 2. The minimum absolute atomic E-state index is 0.0157. The molecule has 46 heavy (non-hydrogen) atoms. The van der Waals surface area contributed by atoms with Crippen LogP contribution in [0.3, 0.4) is 0 Å². The molecular formula is C33H40ClN7O3S2. The van der Waals surface area contributed by atoms with Crippen molar-refractivity contribution in [2.75, 3.05) is 23.7 Å². The molecule has 2 atom stereocenters. The van der Waals surface area contributed by atoms with Gasteiger partial charge in [0.15, 0.2) is 5.82 Å². The molecule has 1 unspecified atom stereocenters. The highest BCUT2D eigenvalue weighted by Gasteiger charge is 2.50. The lowest BCUT2D eigenvalue weighted by molar-refractivity contribution is 0.0603. The van der Waals surface area contributed by atoms with Crippen molar-refractivity contribution < 1.29 is 9.66 Å². The number of benzene rings is 2. The van der Waals surface area contributed by atoms with Crippen LogP contribution in [0.15, 0.2) is 63.6 Å². The highest BCUT2D eigenvalue weighted by atomic mass is 35.5. The van der Waals surface area contributed by atoms with Crippen molar-refractivity contribution in [1.29, 1.82) is 0 Å². The first-order chi connectivity index (χ1) is 21.6. The maximum atomic E-state index is 13.2. The number of nitrogens with two attached hydrogens (primary N) is 1. The summed E-state index contributed by atoms with van der Waals surface area (Å²) in [6.45, 7) is 10.9. The van der Waals surface area contributed by atoms with Gasteiger partial charge in [0.1, 0.15) is 15.6 Å². The fourth-order valence-electron chi connectivity index (χ4n) is 6.42. The van der Waals surface area contributed by atoms with Crippen molar-refractivity contribution in [2.45, 2.75) is 86.7 Å². The predicted octanol–water partition coefficient (Wildman–Crippen LogP) is 5.28. The molecule has 1 aliphatic heterocycles. The summed E-state index contributed by atoms with van der Waals surface area (Å²) in [7, 11) is 0. The van der Waals surface area contributed by atoms with E-state index in [2.05, 4.69) is 43.9 Å². The van der Waals surface area contributed by atoms with E-state index in [-0.39, 0.29) is 44.5 Å². The lowest BCUT2D eigenvalue weighted by Crippen LogP contribution is -2.49. The fraction of sp³-hybridized carbons (Fsp3) is 0.455. The minimum atomic E-state index is -1.19. The predicted molar refractivity (Wildman–Crippen MR) is 186 cm³/mol. The highest BCUT2D eigenvalue weighted by Crippen LogP contribution is 2.53. The average molecular weight is 682 g/mol. The number of hydrogen-bond acceptors (Lipinski definition) is 10. The molecule has 1 fully saturated rings. The van der Waals surface area contributed by atoms with E-state index < -0.39 is 17.0 Å². The molecule has 0 radical (unpaired) electrons. The Labute approximate surface area is 281 Å². The van der Waals surface area contributed by atoms with Crippen LogP contribution in [0.25, 0.3) is 10.9 Å². The van der Waals surface area contributed by atoms with Gasteiger partial charge >= 0.3 is 0 Å². The van der Waals surface area contributed by atoms with Gasteiger partial charge in [-0.1, -0.05) is 47.6 Å². The largest absolute Gasteiger partial charge is 0.598 e. The molecule has 10 nitrogen and oxygen atoms in total. The van der Waals surface area contributed by atoms with Crippen LogP contribution in [0, 0.1) is 5.41 Å². The van der Waals surface area contributed by atoms with Crippen LogP contribution in [0.5, 0.6) is 0 Å². The number of aromatic nitrogens is 4. The summed E-state index contributed by atoms with van der Waals surface area (Å²) >= 11 is 6.80. The Kier molecular flexibility index (Phi) is 8.83. The van der Waals surface area contributed by atoms with Crippen LogP contribution in [0.2, 0.25) is 5.02 Å². The van der Waals surface area contributed by atoms with Crippen LogP contribution in [-0.4, -0.2) is 52.6 Å². The molecule has 3 heterocycles. The molecular weight excluding hydrogens is 642 g/mol. The number of nitrogen functional groups attached to an aromatic ring is 1. The highest BCUT2D eigenvalue weighted by molar-refractivity contribution is 7.99. The SMILES string of the molecule is CC(C)(O)Cn1cnc2ccc(Sc3ncc(N4CCC5(CC4)Cc4ccccc4[C@H]5N[S+]([O-])C(C)(C)C)nc3N)c(Cl)c2c1=O. The van der Waals surface area contributed by atoms with Gasteiger partial charge in [0.2, 0.25) is 0 Å². The number of nitrogens with zero attached hydrogens (tertiary/aromatic N) is 5. The Balaban J connectivity index is 1.19. The zero-order valence-electron chi connectivity index (χ0n) is 26.7. The Morgan fingerprint density at radius 3 is 2.54 bits per heavy atom. The van der Waals surface area contributed by atoms with Crippen molar-refractivity contribution >= 4 is 57.3 Å². The van der Waals surface area contributed by atoms with Gasteiger partial charge in [0, 0.05) is 34.8 Å². The number of fused-ring (bicyclic) bond motifs is 2. The summed E-state index contributed by atoms with van der Waals surface area (Å²) in [6.07, 6.45) is 5.92. The number of aliphatic hydroxyl groups is 1. The zero-order valence-corrected chi connectivity index (χ0v) is 29.1. The number of nitrogens with one attached hydrogen (secondary N) is 1. The van der Waals surface area contributed by atoms with Gasteiger partial charge in [0.05, 0.1) is 46.6 Å². The van der Waals surface area contributed by atoms with E-state index in [0.29, 0.717) is 21.3 Å². The third kappa shape index (κ3) is 6.48. The van der Waals surface area contributed by atoms with E-state index in [0.717, 1.165) is 32.4 Å². The molecule has 0 amide bonds. The molecule has 4 N–H and O–H groups in total. The van der Waals surface area contributed by atoms with Gasteiger partial charge < -0.3 is 20.3 Å². The van der Waals surface area contributed by atoms with Crippen molar-refractivity contribution in [1.82, 2.24) is 24.2 Å². The molecule has 2 aliphatic rings. The number of rotatable bonds is 7. The molecule has 1 saturated heterocycles. The number of piperidine rings is 1. The van der Waals surface area contributed by atoms with Crippen molar-refractivity contribution in [2.24, 2.45) is 5.41 Å². The Bertz CT molecular complexity index is 1830. The van der Waals surface area contributed by atoms with Crippen molar-refractivity contribution in [3.8, 4) is 0 Å². The van der Waals surface area contributed by atoms with Gasteiger partial charge in [-0.3, -0.25) is 9.36 Å².